The van der Waals surface area contributed by atoms with Crippen molar-refractivity contribution < 1.29 is 25.2 Å². The molecule has 190 valence electrons. The normalized spacial score (nSPS) is 21.6. The molecule has 0 radical (unpaired) electrons. The number of aliphatic hydroxyl groups excluding tert-OH is 4. The standard InChI is InChI=1S/C28H48O5/c1-11-16(3)25(30)17(4)13-18(5)26(31)19(6)14-20(7)27(32)21(8)15-22(9)28(33)23(10)24(29)12-2/h11,13-15,17,19,21,23,25-28,30-33H,12H2,1-10H3. The van der Waals surface area contributed by atoms with Crippen LogP contribution in [0.2, 0.25) is 0 Å². The Bertz CT molecular complexity index is 745. The summed E-state index contributed by atoms with van der Waals surface area (Å²) >= 11 is 0. The van der Waals surface area contributed by atoms with Crippen LogP contribution in [0.25, 0.3) is 0 Å². The van der Waals surface area contributed by atoms with Crippen molar-refractivity contribution >= 4 is 5.78 Å². The van der Waals surface area contributed by atoms with E-state index in [4.69, 9.17) is 0 Å². The van der Waals surface area contributed by atoms with Crippen LogP contribution < -0.4 is 0 Å². The number of hydrogen-bond acceptors (Lipinski definition) is 5. The van der Waals surface area contributed by atoms with Crippen molar-refractivity contribution in [3.8, 4) is 0 Å². The minimum absolute atomic E-state index is 0.00785. The van der Waals surface area contributed by atoms with Crippen LogP contribution in [0.1, 0.15) is 75.7 Å². The summed E-state index contributed by atoms with van der Waals surface area (Å²) in [4.78, 5) is 11.9. The molecule has 0 saturated carbocycles. The van der Waals surface area contributed by atoms with Crippen LogP contribution in [0.5, 0.6) is 0 Å². The largest absolute Gasteiger partial charge is 0.388 e. The van der Waals surface area contributed by atoms with E-state index in [0.717, 1.165) is 16.7 Å². The van der Waals surface area contributed by atoms with E-state index in [1.165, 1.54) is 0 Å². The SMILES string of the molecule is CC=C(C)C(O)C(C)C=C(C)C(O)C(C)C=C(C)C(O)C(C)C=C(C)C(O)C(C)C(=O)CC. The van der Waals surface area contributed by atoms with E-state index in [-0.39, 0.29) is 23.5 Å². The molecule has 0 amide bonds. The first-order chi connectivity index (χ1) is 15.2. The Kier molecular flexibility index (Phi) is 14.0. The van der Waals surface area contributed by atoms with Gasteiger partial charge in [0.15, 0.2) is 0 Å². The van der Waals surface area contributed by atoms with Gasteiger partial charge in [-0.2, -0.15) is 0 Å². The number of Topliss-reactive ketones (excluding diaryl/α,β-unsaturated/α-hetero) is 1. The third-order valence-corrected chi connectivity index (χ3v) is 6.72. The fourth-order valence-corrected chi connectivity index (χ4v) is 4.12. The zero-order chi connectivity index (χ0) is 26.0. The van der Waals surface area contributed by atoms with Gasteiger partial charge in [0.2, 0.25) is 0 Å². The summed E-state index contributed by atoms with van der Waals surface area (Å²) < 4.78 is 0. The maximum absolute atomic E-state index is 11.9. The van der Waals surface area contributed by atoms with Crippen molar-refractivity contribution in [1.82, 2.24) is 0 Å². The Morgan fingerprint density at radius 2 is 0.939 bits per heavy atom. The molecule has 33 heavy (non-hydrogen) atoms. The number of ketones is 1. The molecule has 0 aromatic heterocycles. The van der Waals surface area contributed by atoms with Gasteiger partial charge < -0.3 is 20.4 Å². The predicted molar refractivity (Wildman–Crippen MR) is 137 cm³/mol. The van der Waals surface area contributed by atoms with E-state index in [1.807, 2.05) is 72.8 Å². The van der Waals surface area contributed by atoms with Crippen LogP contribution in [0.15, 0.2) is 46.6 Å². The first-order valence-electron chi connectivity index (χ1n) is 12.1. The molecule has 0 spiro atoms. The Morgan fingerprint density at radius 1 is 0.636 bits per heavy atom. The van der Waals surface area contributed by atoms with E-state index in [0.29, 0.717) is 12.0 Å². The molecule has 0 heterocycles. The second-order valence-electron chi connectivity index (χ2n) is 9.73. The summed E-state index contributed by atoms with van der Waals surface area (Å²) in [5.41, 5.74) is 3.07. The molecule has 0 fully saturated rings. The predicted octanol–water partition coefficient (Wildman–Crippen LogP) is 4.76. The average Bonchev–Trinajstić information content (AvgIpc) is 2.79. The Labute approximate surface area is 201 Å². The van der Waals surface area contributed by atoms with Crippen LogP contribution in [0, 0.1) is 23.7 Å². The van der Waals surface area contributed by atoms with E-state index in [2.05, 4.69) is 0 Å². The third-order valence-electron chi connectivity index (χ3n) is 6.72. The fourth-order valence-electron chi connectivity index (χ4n) is 4.12. The summed E-state index contributed by atoms with van der Waals surface area (Å²) in [5, 5.41) is 42.4. The number of carbonyl (C=O) groups excluding carboxylic acids is 1. The quantitative estimate of drug-likeness (QED) is 0.295. The lowest BCUT2D eigenvalue weighted by molar-refractivity contribution is -0.124. The molecule has 8 unspecified atom stereocenters. The van der Waals surface area contributed by atoms with Gasteiger partial charge in [-0.05, 0) is 56.9 Å². The highest BCUT2D eigenvalue weighted by atomic mass is 16.3. The van der Waals surface area contributed by atoms with Gasteiger partial charge in [0.1, 0.15) is 5.78 Å². The number of hydrogen-bond donors (Lipinski definition) is 4. The molecule has 5 heteroatoms. The van der Waals surface area contributed by atoms with Gasteiger partial charge in [-0.1, -0.05) is 58.9 Å². The lowest BCUT2D eigenvalue weighted by atomic mass is 9.87. The number of rotatable bonds is 13. The van der Waals surface area contributed by atoms with Crippen molar-refractivity contribution in [2.45, 2.75) is 100 Å². The van der Waals surface area contributed by atoms with Crippen LogP contribution >= 0.6 is 0 Å². The van der Waals surface area contributed by atoms with Crippen molar-refractivity contribution in [2.75, 3.05) is 0 Å². The molecule has 0 saturated heterocycles. The molecule has 0 bridgehead atoms. The van der Waals surface area contributed by atoms with Gasteiger partial charge in [-0.3, -0.25) is 4.79 Å². The lowest BCUT2D eigenvalue weighted by Gasteiger charge is -2.24. The molecule has 8 atom stereocenters. The molecule has 5 nitrogen and oxygen atoms in total. The van der Waals surface area contributed by atoms with Gasteiger partial charge in [-0.15, -0.1) is 0 Å². The first kappa shape index (κ1) is 31.5. The smallest absolute Gasteiger partial charge is 0.138 e. The monoisotopic (exact) mass is 464 g/mol. The van der Waals surface area contributed by atoms with E-state index in [1.54, 1.807) is 20.8 Å². The number of aliphatic hydroxyl groups is 4. The summed E-state index contributed by atoms with van der Waals surface area (Å²) in [6.07, 6.45) is 4.87. The second kappa shape index (κ2) is 14.7. The van der Waals surface area contributed by atoms with Crippen molar-refractivity contribution in [3.05, 3.63) is 46.6 Å². The summed E-state index contributed by atoms with van der Waals surface area (Å²) in [6, 6.07) is 0. The Balaban J connectivity index is 5.36. The minimum Gasteiger partial charge on any atom is -0.388 e. The summed E-state index contributed by atoms with van der Waals surface area (Å²) in [5.74, 6) is -1.09. The first-order valence-corrected chi connectivity index (χ1v) is 12.1. The number of allylic oxidation sites excluding steroid dienone is 1. The van der Waals surface area contributed by atoms with Gasteiger partial charge in [0, 0.05) is 30.1 Å². The molecule has 0 aliphatic heterocycles. The van der Waals surface area contributed by atoms with Crippen LogP contribution in [0.3, 0.4) is 0 Å². The molecule has 0 aliphatic rings. The average molecular weight is 465 g/mol. The van der Waals surface area contributed by atoms with Crippen molar-refractivity contribution in [2.24, 2.45) is 23.7 Å². The summed E-state index contributed by atoms with van der Waals surface area (Å²) in [6.45, 7) is 18.4. The molecule has 0 aromatic carbocycles. The highest BCUT2D eigenvalue weighted by Gasteiger charge is 2.24. The van der Waals surface area contributed by atoms with Crippen LogP contribution in [-0.2, 0) is 4.79 Å². The molecule has 4 N–H and O–H groups in total. The second-order valence-corrected chi connectivity index (χ2v) is 9.73. The third kappa shape index (κ3) is 9.70. The lowest BCUT2D eigenvalue weighted by Crippen LogP contribution is -2.27. The van der Waals surface area contributed by atoms with Crippen molar-refractivity contribution in [3.63, 3.8) is 0 Å². The fraction of sp³-hybridized carbons (Fsp3) is 0.679. The van der Waals surface area contributed by atoms with E-state index < -0.39 is 30.3 Å². The van der Waals surface area contributed by atoms with Gasteiger partial charge in [0.05, 0.1) is 24.4 Å². The summed E-state index contributed by atoms with van der Waals surface area (Å²) in [7, 11) is 0. The van der Waals surface area contributed by atoms with Crippen LogP contribution in [-0.4, -0.2) is 50.6 Å². The molecular formula is C28H48O5. The van der Waals surface area contributed by atoms with Crippen molar-refractivity contribution in [1.29, 1.82) is 0 Å². The molecule has 0 rings (SSSR count). The minimum atomic E-state index is -0.867. The number of carbonyl (C=O) groups is 1. The van der Waals surface area contributed by atoms with Gasteiger partial charge in [0.25, 0.3) is 0 Å². The molecule has 0 aromatic rings. The molecule has 0 aliphatic carbocycles. The van der Waals surface area contributed by atoms with Gasteiger partial charge in [-0.25, -0.2) is 0 Å². The zero-order valence-corrected chi connectivity index (χ0v) is 22.3. The topological polar surface area (TPSA) is 98.0 Å². The maximum atomic E-state index is 11.9. The van der Waals surface area contributed by atoms with E-state index >= 15 is 0 Å². The molecular weight excluding hydrogens is 416 g/mol. The Hall–Kier alpha value is -1.53. The zero-order valence-electron chi connectivity index (χ0n) is 22.3. The highest BCUT2D eigenvalue weighted by molar-refractivity contribution is 5.81. The van der Waals surface area contributed by atoms with E-state index in [9.17, 15) is 25.2 Å². The maximum Gasteiger partial charge on any atom is 0.138 e. The van der Waals surface area contributed by atoms with Gasteiger partial charge >= 0.3 is 0 Å². The Morgan fingerprint density at radius 3 is 1.24 bits per heavy atom. The van der Waals surface area contributed by atoms with Crippen LogP contribution in [0.4, 0.5) is 0 Å². The highest BCUT2D eigenvalue weighted by Crippen LogP contribution is 2.24.